The summed E-state index contributed by atoms with van der Waals surface area (Å²) in [7, 11) is 0. The van der Waals surface area contributed by atoms with Crippen LogP contribution < -0.4 is 5.32 Å². The Balaban J connectivity index is 2.06. The molecule has 1 aliphatic heterocycles. The van der Waals surface area contributed by atoms with Gasteiger partial charge >= 0.3 is 18.2 Å². The van der Waals surface area contributed by atoms with Crippen molar-refractivity contribution in [3.05, 3.63) is 35.9 Å². The van der Waals surface area contributed by atoms with Crippen LogP contribution in [0, 0.1) is 0 Å². The number of aliphatic carboxylic acids is 1. The van der Waals surface area contributed by atoms with Gasteiger partial charge in [0.15, 0.2) is 6.04 Å². The summed E-state index contributed by atoms with van der Waals surface area (Å²) in [6.45, 7) is 5.54. The summed E-state index contributed by atoms with van der Waals surface area (Å²) < 4.78 is 10.5. The summed E-state index contributed by atoms with van der Waals surface area (Å²) in [6, 6.07) is 7.25. The maximum atomic E-state index is 12.6. The number of hydrogen-bond donors (Lipinski definition) is 2. The van der Waals surface area contributed by atoms with E-state index in [1.807, 2.05) is 30.3 Å². The minimum Gasteiger partial charge on any atom is -0.480 e. The van der Waals surface area contributed by atoms with Gasteiger partial charge in [-0.05, 0) is 45.6 Å². The lowest BCUT2D eigenvalue weighted by molar-refractivity contribution is -0.141. The molecule has 1 aliphatic rings. The van der Waals surface area contributed by atoms with Gasteiger partial charge in [0.2, 0.25) is 0 Å². The number of nitrogens with zero attached hydrogens (tertiary/aromatic N) is 1. The summed E-state index contributed by atoms with van der Waals surface area (Å²) >= 11 is 0. The molecule has 1 saturated heterocycles. The minimum atomic E-state index is -1.28. The normalized spacial score (nSPS) is 18.1. The average Bonchev–Trinajstić information content (AvgIpc) is 2.63. The first-order valence-corrected chi connectivity index (χ1v) is 9.37. The number of amides is 2. The number of alkyl carbamates (subject to hydrolysis) is 1. The smallest absolute Gasteiger partial charge is 0.410 e. The second-order valence-corrected chi connectivity index (χ2v) is 7.76. The predicted octanol–water partition coefficient (Wildman–Crippen LogP) is 3.16. The van der Waals surface area contributed by atoms with Crippen LogP contribution in [0.2, 0.25) is 0 Å². The van der Waals surface area contributed by atoms with E-state index < -0.39 is 35.8 Å². The number of ether oxygens (including phenoxy) is 2. The lowest BCUT2D eigenvalue weighted by atomic mass is 9.96. The molecule has 0 radical (unpaired) electrons. The van der Waals surface area contributed by atoms with Gasteiger partial charge in [0.25, 0.3) is 0 Å². The molecule has 0 aliphatic carbocycles. The summed E-state index contributed by atoms with van der Waals surface area (Å²) in [4.78, 5) is 37.9. The van der Waals surface area contributed by atoms with E-state index in [0.29, 0.717) is 13.0 Å². The van der Waals surface area contributed by atoms with E-state index >= 15 is 0 Å². The molecule has 0 bridgehead atoms. The molecule has 0 spiro atoms. The van der Waals surface area contributed by atoms with E-state index in [9.17, 15) is 19.5 Å². The van der Waals surface area contributed by atoms with Gasteiger partial charge in [0.05, 0.1) is 6.04 Å². The molecule has 1 fully saturated rings. The van der Waals surface area contributed by atoms with Gasteiger partial charge in [-0.25, -0.2) is 14.4 Å². The quantitative estimate of drug-likeness (QED) is 0.797. The molecule has 1 aromatic rings. The van der Waals surface area contributed by atoms with Crippen LogP contribution in [0.15, 0.2) is 30.3 Å². The second-order valence-electron chi connectivity index (χ2n) is 7.76. The van der Waals surface area contributed by atoms with Crippen molar-refractivity contribution in [3.63, 3.8) is 0 Å². The molecular weight excluding hydrogens is 364 g/mol. The van der Waals surface area contributed by atoms with Gasteiger partial charge < -0.3 is 24.8 Å². The number of piperidine rings is 1. The molecule has 28 heavy (non-hydrogen) atoms. The van der Waals surface area contributed by atoms with E-state index in [0.717, 1.165) is 18.4 Å². The maximum absolute atomic E-state index is 12.6. The fourth-order valence-corrected chi connectivity index (χ4v) is 3.09. The Morgan fingerprint density at radius 3 is 2.50 bits per heavy atom. The van der Waals surface area contributed by atoms with Crippen LogP contribution in [-0.4, -0.2) is 52.4 Å². The number of carboxylic acid groups (broad SMARTS) is 1. The number of benzene rings is 1. The molecule has 1 heterocycles. The predicted molar refractivity (Wildman–Crippen MR) is 102 cm³/mol. The first-order valence-electron chi connectivity index (χ1n) is 9.37. The number of carboxylic acids is 1. The van der Waals surface area contributed by atoms with E-state index in [2.05, 4.69) is 5.32 Å². The summed E-state index contributed by atoms with van der Waals surface area (Å²) in [5, 5.41) is 12.0. The minimum absolute atomic E-state index is 0.0973. The monoisotopic (exact) mass is 392 g/mol. The topological polar surface area (TPSA) is 105 Å². The highest BCUT2D eigenvalue weighted by Crippen LogP contribution is 2.22. The van der Waals surface area contributed by atoms with Crippen molar-refractivity contribution in [2.24, 2.45) is 0 Å². The third-order valence-electron chi connectivity index (χ3n) is 4.31. The van der Waals surface area contributed by atoms with Gasteiger partial charge in [-0.15, -0.1) is 0 Å². The first kappa shape index (κ1) is 21.5. The van der Waals surface area contributed by atoms with E-state index in [-0.39, 0.29) is 6.61 Å². The molecule has 2 rings (SSSR count). The third kappa shape index (κ3) is 6.44. The molecule has 154 valence electrons. The largest absolute Gasteiger partial charge is 0.480 e. The van der Waals surface area contributed by atoms with Crippen molar-refractivity contribution in [3.8, 4) is 0 Å². The van der Waals surface area contributed by atoms with Crippen LogP contribution in [0.25, 0.3) is 0 Å². The van der Waals surface area contributed by atoms with Crippen molar-refractivity contribution in [2.75, 3.05) is 6.54 Å². The first-order chi connectivity index (χ1) is 13.2. The Kier molecular flexibility index (Phi) is 7.25. The molecule has 0 aromatic heterocycles. The van der Waals surface area contributed by atoms with Crippen molar-refractivity contribution in [1.82, 2.24) is 10.2 Å². The van der Waals surface area contributed by atoms with Gasteiger partial charge in [0, 0.05) is 6.54 Å². The highest BCUT2D eigenvalue weighted by molar-refractivity contribution is 5.82. The van der Waals surface area contributed by atoms with E-state index in [1.54, 1.807) is 20.8 Å². The van der Waals surface area contributed by atoms with Gasteiger partial charge in [-0.1, -0.05) is 30.3 Å². The van der Waals surface area contributed by atoms with Crippen LogP contribution in [0.4, 0.5) is 9.59 Å². The molecule has 0 saturated carbocycles. The Morgan fingerprint density at radius 2 is 1.89 bits per heavy atom. The van der Waals surface area contributed by atoms with Crippen molar-refractivity contribution in [2.45, 2.75) is 64.3 Å². The zero-order chi connectivity index (χ0) is 20.7. The van der Waals surface area contributed by atoms with Crippen molar-refractivity contribution < 1.29 is 29.0 Å². The Hall–Kier alpha value is -2.77. The third-order valence-corrected chi connectivity index (χ3v) is 4.31. The number of likely N-dealkylation sites (tertiary alicyclic amines) is 1. The van der Waals surface area contributed by atoms with Crippen molar-refractivity contribution in [1.29, 1.82) is 0 Å². The molecule has 2 atom stereocenters. The van der Waals surface area contributed by atoms with Crippen LogP contribution in [-0.2, 0) is 20.9 Å². The standard InChI is InChI=1S/C20H28N2O6/c1-20(2,3)28-18(25)21-16(17(23)24)15-11-7-8-12-22(15)19(26)27-13-14-9-5-4-6-10-14/h4-6,9-10,15-16H,7-8,11-13H2,1-3H3,(H,21,25)(H,23,24)/t15-,16-/m1/s1. The lowest BCUT2D eigenvalue weighted by Gasteiger charge is -2.38. The van der Waals surface area contributed by atoms with Crippen LogP contribution in [0.3, 0.4) is 0 Å². The Morgan fingerprint density at radius 1 is 1.21 bits per heavy atom. The van der Waals surface area contributed by atoms with Gasteiger partial charge in [0.1, 0.15) is 12.2 Å². The van der Waals surface area contributed by atoms with Crippen LogP contribution >= 0.6 is 0 Å². The van der Waals surface area contributed by atoms with Crippen LogP contribution in [0.1, 0.15) is 45.6 Å². The number of carbonyl (C=O) groups excluding carboxylic acids is 2. The molecule has 2 amide bonds. The maximum Gasteiger partial charge on any atom is 0.410 e. The Bertz CT molecular complexity index is 686. The van der Waals surface area contributed by atoms with Crippen LogP contribution in [0.5, 0.6) is 0 Å². The lowest BCUT2D eigenvalue weighted by Crippen LogP contribution is -2.59. The molecule has 0 unspecified atom stereocenters. The molecular formula is C20H28N2O6. The number of carbonyl (C=O) groups is 3. The highest BCUT2D eigenvalue weighted by Gasteiger charge is 2.39. The summed E-state index contributed by atoms with van der Waals surface area (Å²) in [5.41, 5.74) is 0.0830. The van der Waals surface area contributed by atoms with Gasteiger partial charge in [-0.2, -0.15) is 0 Å². The molecule has 8 nitrogen and oxygen atoms in total. The number of nitrogens with one attached hydrogen (secondary N) is 1. The molecule has 2 N–H and O–H groups in total. The molecule has 8 heteroatoms. The Labute approximate surface area is 164 Å². The van der Waals surface area contributed by atoms with Gasteiger partial charge in [-0.3, -0.25) is 0 Å². The zero-order valence-corrected chi connectivity index (χ0v) is 16.5. The fourth-order valence-electron chi connectivity index (χ4n) is 3.09. The van der Waals surface area contributed by atoms with E-state index in [1.165, 1.54) is 4.90 Å². The average molecular weight is 392 g/mol. The second kappa shape index (κ2) is 9.43. The number of rotatable bonds is 5. The van der Waals surface area contributed by atoms with Crippen molar-refractivity contribution >= 4 is 18.2 Å². The number of hydrogen-bond acceptors (Lipinski definition) is 5. The zero-order valence-electron chi connectivity index (χ0n) is 16.5. The summed E-state index contributed by atoms with van der Waals surface area (Å²) in [5.74, 6) is -1.22. The fraction of sp³-hybridized carbons (Fsp3) is 0.550. The van der Waals surface area contributed by atoms with E-state index in [4.69, 9.17) is 9.47 Å². The highest BCUT2D eigenvalue weighted by atomic mass is 16.6. The SMILES string of the molecule is CC(C)(C)OC(=O)N[C@@H](C(=O)O)[C@H]1CCCCN1C(=O)OCc1ccccc1. The molecule has 1 aromatic carbocycles. The summed E-state index contributed by atoms with van der Waals surface area (Å²) in [6.07, 6.45) is 0.532.